The fourth-order valence-electron chi connectivity index (χ4n) is 2.82. The van der Waals surface area contributed by atoms with Crippen molar-refractivity contribution < 1.29 is 14.6 Å². The molecule has 1 amide bonds. The summed E-state index contributed by atoms with van der Waals surface area (Å²) in [6.07, 6.45) is 6.36. The molecule has 2 rings (SSSR count). The summed E-state index contributed by atoms with van der Waals surface area (Å²) in [6, 6.07) is 0. The van der Waals surface area contributed by atoms with Crippen LogP contribution in [0, 0.1) is 0 Å². The number of carbonyl (C=O) groups is 1. The molecule has 1 aliphatic rings. The number of thiol groups is 1. The summed E-state index contributed by atoms with van der Waals surface area (Å²) in [6.45, 7) is 9.24. The number of aromatic nitrogens is 3. The molecule has 8 heteroatoms. The van der Waals surface area contributed by atoms with E-state index in [1.165, 1.54) is 17.1 Å². The number of nitrogens with zero attached hydrogens (tertiary/aromatic N) is 4. The van der Waals surface area contributed by atoms with Crippen molar-refractivity contribution in [2.75, 3.05) is 12.4 Å². The second-order valence-corrected chi connectivity index (χ2v) is 8.02. The number of ether oxygens (including phenoxy) is 1. The average molecular weight is 383 g/mol. The number of amides is 1. The van der Waals surface area contributed by atoms with Crippen LogP contribution in [0.1, 0.15) is 52.7 Å². The number of aliphatic hydroxyl groups is 1. The van der Waals surface area contributed by atoms with Crippen LogP contribution in [0.2, 0.25) is 0 Å². The molecule has 2 heterocycles. The van der Waals surface area contributed by atoms with Crippen molar-refractivity contribution in [2.24, 2.45) is 0 Å². The van der Waals surface area contributed by atoms with Gasteiger partial charge in [-0.2, -0.15) is 12.6 Å². The number of aliphatic hydroxyl groups excluding tert-OH is 1. The molecule has 0 bridgehead atoms. The Labute approximate surface area is 160 Å². The quantitative estimate of drug-likeness (QED) is 0.606. The standard InChI is InChI=1S/C18H30N4O3S/c1-5-18(4,8-10-25-17(2,3)9-11-26)22-13-14(19-20-22)12-21-15(23)6-7-16(21)24/h6-7,13,15,23,26H,5,8-12H2,1-4H3. The van der Waals surface area contributed by atoms with Gasteiger partial charge in [0.15, 0.2) is 0 Å². The van der Waals surface area contributed by atoms with Crippen molar-refractivity contribution in [1.82, 2.24) is 19.9 Å². The number of hydrogen-bond acceptors (Lipinski definition) is 6. The van der Waals surface area contributed by atoms with Crippen molar-refractivity contribution in [3.8, 4) is 0 Å². The zero-order valence-corrected chi connectivity index (χ0v) is 16.9. The van der Waals surface area contributed by atoms with Gasteiger partial charge in [0.05, 0.1) is 23.9 Å². The van der Waals surface area contributed by atoms with Gasteiger partial charge in [-0.3, -0.25) is 4.79 Å². The lowest BCUT2D eigenvalue weighted by Crippen LogP contribution is -2.34. The van der Waals surface area contributed by atoms with Crippen LogP contribution in [-0.4, -0.2) is 55.1 Å². The van der Waals surface area contributed by atoms with Crippen molar-refractivity contribution in [1.29, 1.82) is 0 Å². The molecule has 0 radical (unpaired) electrons. The summed E-state index contributed by atoms with van der Waals surface area (Å²) in [5.74, 6) is 0.575. The minimum Gasteiger partial charge on any atom is -0.375 e. The van der Waals surface area contributed by atoms with Gasteiger partial charge in [-0.15, -0.1) is 5.10 Å². The van der Waals surface area contributed by atoms with Gasteiger partial charge in [0.2, 0.25) is 5.91 Å². The molecule has 0 fully saturated rings. The van der Waals surface area contributed by atoms with Gasteiger partial charge in [-0.05, 0) is 51.9 Å². The summed E-state index contributed by atoms with van der Waals surface area (Å²) < 4.78 is 7.87. The van der Waals surface area contributed by atoms with Crippen molar-refractivity contribution in [3.63, 3.8) is 0 Å². The first-order chi connectivity index (χ1) is 12.2. The molecule has 26 heavy (non-hydrogen) atoms. The lowest BCUT2D eigenvalue weighted by atomic mass is 9.95. The van der Waals surface area contributed by atoms with Gasteiger partial charge in [0, 0.05) is 12.7 Å². The third-order valence-electron chi connectivity index (χ3n) is 5.05. The molecular formula is C18H30N4O3S. The SMILES string of the molecule is CCC(C)(CCOC(C)(C)CCS)n1cc(CN2C(=O)C=CC2O)nn1. The monoisotopic (exact) mass is 382 g/mol. The molecule has 1 aliphatic heterocycles. The first-order valence-corrected chi connectivity index (χ1v) is 9.67. The van der Waals surface area contributed by atoms with E-state index in [0.717, 1.165) is 25.0 Å². The van der Waals surface area contributed by atoms with E-state index in [-0.39, 0.29) is 23.6 Å². The summed E-state index contributed by atoms with van der Waals surface area (Å²) in [7, 11) is 0. The van der Waals surface area contributed by atoms with E-state index < -0.39 is 6.23 Å². The van der Waals surface area contributed by atoms with E-state index in [1.54, 1.807) is 0 Å². The smallest absolute Gasteiger partial charge is 0.249 e. The third-order valence-corrected chi connectivity index (χ3v) is 5.27. The van der Waals surface area contributed by atoms with Crippen LogP contribution in [0.15, 0.2) is 18.3 Å². The Morgan fingerprint density at radius 3 is 2.65 bits per heavy atom. The summed E-state index contributed by atoms with van der Waals surface area (Å²) in [5.41, 5.74) is 0.231. The molecule has 0 aromatic carbocycles. The van der Waals surface area contributed by atoms with Crippen LogP contribution in [0.5, 0.6) is 0 Å². The average Bonchev–Trinajstić information content (AvgIpc) is 3.17. The Morgan fingerprint density at radius 2 is 2.08 bits per heavy atom. The van der Waals surface area contributed by atoms with Crippen LogP contribution >= 0.6 is 12.6 Å². The fourth-order valence-corrected chi connectivity index (χ4v) is 3.36. The van der Waals surface area contributed by atoms with Crippen LogP contribution in [-0.2, 0) is 21.6 Å². The van der Waals surface area contributed by atoms with E-state index in [1.807, 2.05) is 10.9 Å². The largest absolute Gasteiger partial charge is 0.375 e. The van der Waals surface area contributed by atoms with E-state index in [4.69, 9.17) is 4.74 Å². The Kier molecular flexibility index (Phi) is 6.87. The maximum atomic E-state index is 11.7. The minimum atomic E-state index is -0.896. The maximum absolute atomic E-state index is 11.7. The number of hydrogen-bond donors (Lipinski definition) is 2. The maximum Gasteiger partial charge on any atom is 0.249 e. The lowest BCUT2D eigenvalue weighted by molar-refractivity contribution is -0.131. The van der Waals surface area contributed by atoms with E-state index >= 15 is 0 Å². The summed E-state index contributed by atoms with van der Waals surface area (Å²) in [5, 5.41) is 18.3. The third kappa shape index (κ3) is 5.08. The molecule has 7 nitrogen and oxygen atoms in total. The molecule has 0 spiro atoms. The Hall–Kier alpha value is -1.38. The highest BCUT2D eigenvalue weighted by atomic mass is 32.1. The molecule has 1 aromatic heterocycles. The summed E-state index contributed by atoms with van der Waals surface area (Å²) >= 11 is 4.28. The van der Waals surface area contributed by atoms with E-state index in [0.29, 0.717) is 12.3 Å². The predicted molar refractivity (Wildman–Crippen MR) is 103 cm³/mol. The minimum absolute atomic E-state index is 0.191. The molecule has 1 aromatic rings. The van der Waals surface area contributed by atoms with Gasteiger partial charge < -0.3 is 14.7 Å². The molecular weight excluding hydrogens is 352 g/mol. The number of carbonyl (C=O) groups excluding carboxylic acids is 1. The second kappa shape index (κ2) is 8.54. The highest BCUT2D eigenvalue weighted by Crippen LogP contribution is 2.26. The normalized spacial score (nSPS) is 20.0. The zero-order chi connectivity index (χ0) is 19.4. The molecule has 0 saturated heterocycles. The van der Waals surface area contributed by atoms with Gasteiger partial charge >= 0.3 is 0 Å². The molecule has 2 unspecified atom stereocenters. The first-order valence-electron chi connectivity index (χ1n) is 9.04. The highest BCUT2D eigenvalue weighted by Gasteiger charge is 2.29. The van der Waals surface area contributed by atoms with Gasteiger partial charge in [0.1, 0.15) is 11.9 Å². The Bertz CT molecular complexity index is 646. The summed E-state index contributed by atoms with van der Waals surface area (Å²) in [4.78, 5) is 13.1. The van der Waals surface area contributed by atoms with Crippen LogP contribution < -0.4 is 0 Å². The first kappa shape index (κ1) is 20.9. The van der Waals surface area contributed by atoms with Crippen molar-refractivity contribution >= 4 is 18.5 Å². The van der Waals surface area contributed by atoms with E-state index in [2.05, 4.69) is 50.6 Å². The molecule has 0 saturated carbocycles. The van der Waals surface area contributed by atoms with Gasteiger partial charge in [0.25, 0.3) is 0 Å². The molecule has 2 atom stereocenters. The van der Waals surface area contributed by atoms with Crippen LogP contribution in [0.4, 0.5) is 0 Å². The molecule has 146 valence electrons. The zero-order valence-electron chi connectivity index (χ0n) is 16.1. The van der Waals surface area contributed by atoms with Gasteiger partial charge in [-0.1, -0.05) is 12.1 Å². The molecule has 0 aliphatic carbocycles. The van der Waals surface area contributed by atoms with Gasteiger partial charge in [-0.25, -0.2) is 4.68 Å². The fraction of sp³-hybridized carbons (Fsp3) is 0.722. The van der Waals surface area contributed by atoms with Crippen molar-refractivity contribution in [2.45, 2.75) is 70.9 Å². The molecule has 1 N–H and O–H groups in total. The Morgan fingerprint density at radius 1 is 1.35 bits per heavy atom. The highest BCUT2D eigenvalue weighted by molar-refractivity contribution is 7.80. The Balaban J connectivity index is 1.98. The number of rotatable bonds is 10. The van der Waals surface area contributed by atoms with Crippen LogP contribution in [0.3, 0.4) is 0 Å². The lowest BCUT2D eigenvalue weighted by Gasteiger charge is -2.31. The second-order valence-electron chi connectivity index (χ2n) is 7.58. The predicted octanol–water partition coefficient (Wildman–Crippen LogP) is 2.13. The van der Waals surface area contributed by atoms with E-state index in [9.17, 15) is 9.90 Å². The topological polar surface area (TPSA) is 80.5 Å². The van der Waals surface area contributed by atoms with Crippen LogP contribution in [0.25, 0.3) is 0 Å². The van der Waals surface area contributed by atoms with Crippen molar-refractivity contribution in [3.05, 3.63) is 24.0 Å².